The topological polar surface area (TPSA) is 158 Å². The summed E-state index contributed by atoms with van der Waals surface area (Å²) in [5, 5.41) is 12.2. The number of carbonyl (C=O) groups excluding carboxylic acids is 1. The van der Waals surface area contributed by atoms with E-state index >= 15 is 0 Å². The maximum Gasteiger partial charge on any atom is 0.410 e. The number of alkyl halides is 2. The van der Waals surface area contributed by atoms with Crippen LogP contribution in [-0.4, -0.2) is 107 Å². The van der Waals surface area contributed by atoms with Gasteiger partial charge in [-0.05, 0) is 185 Å². The van der Waals surface area contributed by atoms with Crippen molar-refractivity contribution >= 4 is 59.1 Å². The molecule has 1 amide bonds. The molecule has 4 saturated carbocycles. The fourth-order valence-electron chi connectivity index (χ4n) is 9.87. The molecule has 4 heterocycles. The average molecular weight is 1090 g/mol. The lowest BCUT2D eigenvalue weighted by molar-refractivity contribution is -0.0490. The smallest absolute Gasteiger partial charge is 0.410 e. The molecule has 17 heteroatoms. The van der Waals surface area contributed by atoms with Crippen molar-refractivity contribution in [2.24, 2.45) is 23.7 Å². The summed E-state index contributed by atoms with van der Waals surface area (Å²) in [6, 6.07) is 15.3. The van der Waals surface area contributed by atoms with Gasteiger partial charge in [-0.3, -0.25) is 4.18 Å². The number of nitrogens with one attached hydrogen (secondary N) is 1. The monoisotopic (exact) mass is 1090 g/mol. The van der Waals surface area contributed by atoms with E-state index in [0.29, 0.717) is 49.3 Å². The molecule has 404 valence electrons. The highest BCUT2D eigenvalue weighted by Crippen LogP contribution is 2.39. The number of carbonyl (C=O) groups is 1. The predicted molar refractivity (Wildman–Crippen MR) is 284 cm³/mol. The molecule has 0 spiro atoms. The predicted octanol–water partition coefficient (Wildman–Crippen LogP) is 12.4. The van der Waals surface area contributed by atoms with Crippen LogP contribution < -0.4 is 5.32 Å². The Balaban J connectivity index is 0.000000169. The highest BCUT2D eigenvalue weighted by atomic mass is 35.7. The summed E-state index contributed by atoms with van der Waals surface area (Å²) >= 11 is 9.53. The van der Waals surface area contributed by atoms with E-state index in [0.717, 1.165) is 86.8 Å². The third kappa shape index (κ3) is 21.1. The van der Waals surface area contributed by atoms with Crippen LogP contribution in [0, 0.1) is 37.5 Å². The maximum atomic E-state index is 12.4. The van der Waals surface area contributed by atoms with Gasteiger partial charge in [0.15, 0.2) is 0 Å². The van der Waals surface area contributed by atoms with Crippen LogP contribution in [0.5, 0.6) is 0 Å². The van der Waals surface area contributed by atoms with Gasteiger partial charge in [0.1, 0.15) is 5.60 Å². The fraction of sp³-hybridized carbons (Fsp3) is 0.759. The molecule has 2 N–H and O–H groups in total. The van der Waals surface area contributed by atoms with Gasteiger partial charge in [-0.15, -0.1) is 23.2 Å². The number of hydrogen-bond donors (Lipinski definition) is 2. The molecule has 6 atom stereocenters. The standard InChI is InChI=1S/C17H29NO3.C12H21NO.C12H16O3S.C7H7ClO2S.C5H10O.CH2Cl2/c1-17(2,3)21-16(19)18-13-7-8-14(18)10-15(9-13)20-11-12-5-4-6-12;1-2-9(3-1)8-14-12-6-10-4-5-11(7-12)13-10;1-10-5-7-12(8-6-10)16(13,14)15-9-11-3-2-4-11;1-6-2-4-7(5-3-6)11(8,9)10;6-4-5-2-1-3-5;2-1-3/h12-15H,4-11H2,1-3H3;9-13H,1-8H2;5-8,11H,2-4,9H2,1H3;2-5H,1H3;5-6H,1-4H2;1H2/t13-,14+,15?;10-,11+,12?;;;;. The van der Waals surface area contributed by atoms with E-state index in [1.165, 1.54) is 102 Å². The summed E-state index contributed by atoms with van der Waals surface area (Å²) in [5.41, 5.74) is 1.64. The Bertz CT molecular complexity index is 2050. The van der Waals surface area contributed by atoms with E-state index in [9.17, 15) is 21.6 Å². The van der Waals surface area contributed by atoms with Gasteiger partial charge in [-0.25, -0.2) is 13.2 Å². The highest BCUT2D eigenvalue weighted by Gasteiger charge is 2.45. The van der Waals surface area contributed by atoms with Crippen LogP contribution in [0.1, 0.15) is 160 Å². The average Bonchev–Trinajstić information content (AvgIpc) is 3.72. The number of hydrogen-bond acceptors (Lipinski definition) is 11. The summed E-state index contributed by atoms with van der Waals surface area (Å²) in [6.45, 7) is 12.3. The Morgan fingerprint density at radius 3 is 1.37 bits per heavy atom. The first kappa shape index (κ1) is 60.1. The lowest BCUT2D eigenvalue weighted by Gasteiger charge is -2.40. The third-order valence-electron chi connectivity index (χ3n) is 15.1. The zero-order valence-electron chi connectivity index (χ0n) is 43.1. The number of ether oxygens (including phenoxy) is 3. The Labute approximate surface area is 441 Å². The van der Waals surface area contributed by atoms with Gasteiger partial charge in [0.05, 0.1) is 33.9 Å². The quantitative estimate of drug-likeness (QED) is 0.118. The van der Waals surface area contributed by atoms with Crippen molar-refractivity contribution in [1.29, 1.82) is 0 Å². The number of fused-ring (bicyclic) bond motifs is 4. The molecule has 4 bridgehead atoms. The number of rotatable bonds is 12. The summed E-state index contributed by atoms with van der Waals surface area (Å²) in [5.74, 6) is 2.80. The minimum absolute atomic E-state index is 0.132. The molecule has 2 aromatic rings. The fourth-order valence-corrected chi connectivity index (χ4v) is 11.6. The highest BCUT2D eigenvalue weighted by molar-refractivity contribution is 8.13. The molecule has 4 aliphatic carbocycles. The zero-order valence-corrected chi connectivity index (χ0v) is 47.0. The second-order valence-electron chi connectivity index (χ2n) is 22.0. The van der Waals surface area contributed by atoms with Crippen molar-refractivity contribution in [3.63, 3.8) is 0 Å². The van der Waals surface area contributed by atoms with Gasteiger partial charge in [0, 0.05) is 54.7 Å². The molecule has 8 aliphatic rings. The number of piperidine rings is 2. The van der Waals surface area contributed by atoms with E-state index in [1.807, 2.05) is 39.5 Å². The summed E-state index contributed by atoms with van der Waals surface area (Å²) in [6.07, 6.45) is 25.8. The van der Waals surface area contributed by atoms with Crippen molar-refractivity contribution < 1.29 is 45.1 Å². The van der Waals surface area contributed by atoms with E-state index in [2.05, 4.69) is 5.32 Å². The molecule has 0 aromatic heterocycles. The first-order valence-corrected chi connectivity index (χ1v) is 31.2. The van der Waals surface area contributed by atoms with Gasteiger partial charge in [0.25, 0.3) is 19.2 Å². The summed E-state index contributed by atoms with van der Waals surface area (Å²) in [7, 11) is -2.01. The van der Waals surface area contributed by atoms with Crippen LogP contribution in [0.15, 0.2) is 58.3 Å². The first-order valence-electron chi connectivity index (χ1n) is 26.5. The molecule has 8 fully saturated rings. The van der Waals surface area contributed by atoms with Crippen molar-refractivity contribution in [3.8, 4) is 0 Å². The summed E-state index contributed by atoms with van der Waals surface area (Å²) in [4.78, 5) is 14.8. The van der Waals surface area contributed by atoms with Crippen LogP contribution in [0.4, 0.5) is 4.79 Å². The number of aliphatic hydroxyl groups excluding tert-OH is 1. The first-order chi connectivity index (χ1) is 33.7. The molecule has 4 saturated heterocycles. The molecular formula is C54H85Cl3N2O10S2. The van der Waals surface area contributed by atoms with Crippen LogP contribution in [0.2, 0.25) is 0 Å². The van der Waals surface area contributed by atoms with Gasteiger partial charge in [-0.2, -0.15) is 8.42 Å². The van der Waals surface area contributed by atoms with Gasteiger partial charge < -0.3 is 29.5 Å². The molecule has 10 rings (SSSR count). The normalized spacial score (nSPS) is 26.0. The summed E-state index contributed by atoms with van der Waals surface area (Å²) < 4.78 is 67.7. The maximum absolute atomic E-state index is 12.4. The number of amides is 1. The molecular weight excluding hydrogens is 1010 g/mol. The Kier molecular flexibility index (Phi) is 25.0. The van der Waals surface area contributed by atoms with Gasteiger partial charge in [0.2, 0.25) is 0 Å². The molecule has 2 unspecified atom stereocenters. The van der Waals surface area contributed by atoms with Crippen molar-refractivity contribution in [2.75, 3.05) is 31.8 Å². The third-order valence-corrected chi connectivity index (χ3v) is 17.8. The van der Waals surface area contributed by atoms with E-state index in [4.69, 9.17) is 57.4 Å². The Morgan fingerprint density at radius 2 is 1.01 bits per heavy atom. The molecule has 0 radical (unpaired) electrons. The van der Waals surface area contributed by atoms with Gasteiger partial charge >= 0.3 is 6.09 Å². The lowest BCUT2D eigenvalue weighted by atomic mass is 9.86. The van der Waals surface area contributed by atoms with Crippen LogP contribution >= 0.6 is 33.9 Å². The van der Waals surface area contributed by atoms with Crippen molar-refractivity contribution in [3.05, 3.63) is 59.7 Å². The second kappa shape index (κ2) is 29.5. The lowest BCUT2D eigenvalue weighted by Crippen LogP contribution is -2.50. The van der Waals surface area contributed by atoms with Crippen LogP contribution in [-0.2, 0) is 37.6 Å². The van der Waals surface area contributed by atoms with E-state index < -0.39 is 24.8 Å². The minimum Gasteiger partial charge on any atom is -0.444 e. The number of aryl methyl sites for hydroxylation is 2. The van der Waals surface area contributed by atoms with E-state index in [1.54, 1.807) is 36.4 Å². The Hall–Kier alpha value is -1.72. The van der Waals surface area contributed by atoms with Crippen molar-refractivity contribution in [1.82, 2.24) is 10.2 Å². The number of halogens is 3. The second-order valence-corrected chi connectivity index (χ2v) is 27.0. The van der Waals surface area contributed by atoms with E-state index in [-0.39, 0.29) is 21.2 Å². The van der Waals surface area contributed by atoms with Crippen molar-refractivity contribution in [2.45, 2.75) is 215 Å². The minimum atomic E-state index is -3.55. The number of benzene rings is 2. The zero-order chi connectivity index (χ0) is 51.6. The number of aliphatic hydroxyl groups is 1. The molecule has 2 aromatic carbocycles. The molecule has 71 heavy (non-hydrogen) atoms. The largest absolute Gasteiger partial charge is 0.444 e. The van der Waals surface area contributed by atoms with Gasteiger partial charge in [-0.1, -0.05) is 61.1 Å². The SMILES string of the molecule is C1CC(COC2C[C@H]3CC[C@@H](C2)N3)C1.CC(C)(C)OC(=O)N1[C@@H]2CC[C@H]1CC(OCC1CCC1)C2.Cc1ccc(S(=O)(=O)Cl)cc1.Cc1ccc(S(=O)(=O)OCC2CCC2)cc1.ClCCl.OCC1CCC1. The molecule has 4 aliphatic heterocycles. The van der Waals surface area contributed by atoms with Crippen LogP contribution in [0.25, 0.3) is 0 Å². The Morgan fingerprint density at radius 1 is 0.620 bits per heavy atom. The van der Waals surface area contributed by atoms with Crippen LogP contribution in [0.3, 0.4) is 0 Å². The number of nitrogens with zero attached hydrogens (tertiary/aromatic N) is 1. The molecule has 12 nitrogen and oxygen atoms in total.